The van der Waals surface area contributed by atoms with E-state index >= 15 is 0 Å². The van der Waals surface area contributed by atoms with E-state index in [0.717, 1.165) is 123 Å². The molecule has 2 spiro atoms. The Morgan fingerprint density at radius 3 is 1.54 bits per heavy atom. The van der Waals surface area contributed by atoms with E-state index in [1.807, 2.05) is 11.8 Å². The summed E-state index contributed by atoms with van der Waals surface area (Å²) in [5.41, 5.74) is 0.697. The second kappa shape index (κ2) is 16.4. The highest BCUT2D eigenvalue weighted by molar-refractivity contribution is 8.15. The Hall–Kier alpha value is -2.96. The van der Waals surface area contributed by atoms with Gasteiger partial charge in [0.1, 0.15) is 34.0 Å². The molecule has 4 fully saturated rings. The third-order valence-electron chi connectivity index (χ3n) is 12.5. The van der Waals surface area contributed by atoms with Crippen molar-refractivity contribution in [3.63, 3.8) is 0 Å². The Bertz CT molecular complexity index is 2130. The fourth-order valence-electron chi connectivity index (χ4n) is 9.59. The summed E-state index contributed by atoms with van der Waals surface area (Å²) in [6.07, 6.45) is -0.471. The van der Waals surface area contributed by atoms with Crippen LogP contribution >= 0.6 is 34.4 Å². The van der Waals surface area contributed by atoms with Crippen LogP contribution in [-0.2, 0) is 12.8 Å². The van der Waals surface area contributed by atoms with Gasteiger partial charge in [-0.25, -0.2) is 19.9 Å². The van der Waals surface area contributed by atoms with E-state index in [-0.39, 0.29) is 4.75 Å². The largest absolute Gasteiger partial charge is 0.393 e. The van der Waals surface area contributed by atoms with Crippen LogP contribution in [0.25, 0.3) is 20.4 Å². The first-order valence-corrected chi connectivity index (χ1v) is 23.1. The standard InChI is InChI=1S/C21H26F3N5S2.C20H27F3N4S/c1-19(2)11-25-18(31-19)29-8-5-20(12-29)3-6-28(7-4-20)16-15-9-14(10-21(22,23)24)30-17(15)27-13-26-16;1-14(2)11-26-6-3-19(12-26)4-7-27(8-5-19)17-16-9-15(10-20(21,22)23)28-18(16)25-13-24-17/h9,13H,3-8,10-12H2,1-2H3;9,13-14H,3-8,10-12H2,1-2H3. The number of fused-ring (bicyclic) bond motifs is 2. The van der Waals surface area contributed by atoms with E-state index < -0.39 is 25.2 Å². The van der Waals surface area contributed by atoms with Crippen LogP contribution in [0.15, 0.2) is 29.8 Å². The molecule has 5 aliphatic heterocycles. The molecule has 59 heavy (non-hydrogen) atoms. The minimum atomic E-state index is -4.21. The number of hydrogen-bond acceptors (Lipinski definition) is 12. The van der Waals surface area contributed by atoms with Crippen molar-refractivity contribution in [3.8, 4) is 0 Å². The van der Waals surface area contributed by atoms with Crippen LogP contribution in [0.4, 0.5) is 38.0 Å². The lowest BCUT2D eigenvalue weighted by molar-refractivity contribution is -0.127. The Morgan fingerprint density at radius 1 is 0.644 bits per heavy atom. The number of halogens is 6. The number of aromatic nitrogens is 4. The Morgan fingerprint density at radius 2 is 1.10 bits per heavy atom. The number of piperidine rings is 2. The maximum Gasteiger partial charge on any atom is 0.393 e. The highest BCUT2D eigenvalue weighted by Crippen LogP contribution is 2.46. The van der Waals surface area contributed by atoms with Crippen molar-refractivity contribution in [2.24, 2.45) is 21.7 Å². The van der Waals surface area contributed by atoms with Gasteiger partial charge in [-0.05, 0) is 87.8 Å². The maximum absolute atomic E-state index is 12.8. The van der Waals surface area contributed by atoms with Crippen molar-refractivity contribution >= 4 is 71.7 Å². The van der Waals surface area contributed by atoms with Gasteiger partial charge in [0.2, 0.25) is 0 Å². The van der Waals surface area contributed by atoms with Gasteiger partial charge in [0.05, 0.1) is 30.2 Å². The first-order chi connectivity index (χ1) is 27.8. The monoisotopic (exact) mass is 881 g/mol. The molecule has 0 bridgehead atoms. The molecule has 9 nitrogen and oxygen atoms in total. The summed E-state index contributed by atoms with van der Waals surface area (Å²) in [5.74, 6) is 2.26. The van der Waals surface area contributed by atoms with Gasteiger partial charge in [-0.1, -0.05) is 25.6 Å². The zero-order valence-corrected chi connectivity index (χ0v) is 36.6. The number of thioether (sulfide) groups is 1. The molecule has 0 amide bonds. The van der Waals surface area contributed by atoms with Gasteiger partial charge >= 0.3 is 12.4 Å². The fourth-order valence-corrected chi connectivity index (χ4v) is 12.7. The van der Waals surface area contributed by atoms with Gasteiger partial charge in [-0.2, -0.15) is 26.3 Å². The second-order valence-electron chi connectivity index (χ2n) is 18.3. The van der Waals surface area contributed by atoms with Gasteiger partial charge in [0.15, 0.2) is 5.17 Å². The summed E-state index contributed by atoms with van der Waals surface area (Å²) in [7, 11) is 0. The van der Waals surface area contributed by atoms with Crippen molar-refractivity contribution in [1.82, 2.24) is 29.7 Å². The molecule has 0 atom stereocenters. The summed E-state index contributed by atoms with van der Waals surface area (Å²) in [5, 5.41) is 2.70. The highest BCUT2D eigenvalue weighted by Gasteiger charge is 2.44. The zero-order valence-electron chi connectivity index (χ0n) is 34.1. The molecule has 4 saturated heterocycles. The fraction of sp³-hybridized carbons (Fsp3) is 0.683. The molecular weight excluding hydrogens is 829 g/mol. The van der Waals surface area contributed by atoms with Gasteiger partial charge in [0, 0.05) is 66.9 Å². The average Bonchev–Trinajstić information content (AvgIpc) is 3.99. The summed E-state index contributed by atoms with van der Waals surface area (Å²) in [4.78, 5) is 33.5. The molecule has 9 heterocycles. The number of rotatable bonds is 6. The predicted octanol–water partition coefficient (Wildman–Crippen LogP) is 9.71. The lowest BCUT2D eigenvalue weighted by atomic mass is 9.77. The topological polar surface area (TPSA) is 76.9 Å². The van der Waals surface area contributed by atoms with Crippen LogP contribution in [0.2, 0.25) is 0 Å². The summed E-state index contributed by atoms with van der Waals surface area (Å²) in [6.45, 7) is 19.1. The summed E-state index contributed by atoms with van der Waals surface area (Å²) in [6, 6.07) is 3.26. The van der Waals surface area contributed by atoms with Crippen LogP contribution in [0, 0.1) is 16.7 Å². The van der Waals surface area contributed by atoms with Gasteiger partial charge in [-0.15, -0.1) is 22.7 Å². The second-order valence-corrected chi connectivity index (χ2v) is 22.2. The van der Waals surface area contributed by atoms with Crippen LogP contribution in [0.5, 0.6) is 0 Å². The summed E-state index contributed by atoms with van der Waals surface area (Å²) >= 11 is 4.12. The number of aliphatic imine (C=N–C) groups is 1. The van der Waals surface area contributed by atoms with Crippen LogP contribution in [0.1, 0.15) is 76.0 Å². The third kappa shape index (κ3) is 10.1. The van der Waals surface area contributed by atoms with E-state index in [1.54, 1.807) is 12.1 Å². The SMILES string of the molecule is CC(C)CN1CCC2(CCN(c3ncnc4sc(CC(F)(F)F)cc34)CC2)C1.CC1(C)CN=C(N2CCC3(CCN(c4ncnc5sc(CC(F)(F)F)cc45)CC3)C2)S1. The molecule has 0 saturated carbocycles. The van der Waals surface area contributed by atoms with Crippen LogP contribution < -0.4 is 9.80 Å². The molecule has 0 N–H and O–H groups in total. The zero-order chi connectivity index (χ0) is 41.8. The van der Waals surface area contributed by atoms with E-state index in [1.165, 1.54) is 43.8 Å². The number of likely N-dealkylation sites (tertiary alicyclic amines) is 2. The first kappa shape index (κ1) is 42.7. The maximum atomic E-state index is 12.8. The first-order valence-electron chi connectivity index (χ1n) is 20.7. The van der Waals surface area contributed by atoms with Crippen molar-refractivity contribution < 1.29 is 26.3 Å². The molecule has 322 valence electrons. The normalized spacial score (nSPS) is 22.0. The van der Waals surface area contributed by atoms with E-state index in [4.69, 9.17) is 4.99 Å². The summed E-state index contributed by atoms with van der Waals surface area (Å²) < 4.78 is 77.0. The Labute approximate surface area is 354 Å². The van der Waals surface area contributed by atoms with Gasteiger partial charge < -0.3 is 19.6 Å². The number of anilines is 2. The molecular formula is C41H53F6N9S3. The Kier molecular flexibility index (Phi) is 11.9. The molecule has 4 aromatic heterocycles. The van der Waals surface area contributed by atoms with Gasteiger partial charge in [0.25, 0.3) is 0 Å². The van der Waals surface area contributed by atoms with Crippen LogP contribution in [-0.4, -0.2) is 117 Å². The average molecular weight is 882 g/mol. The quantitative estimate of drug-likeness (QED) is 0.176. The molecule has 0 aliphatic carbocycles. The van der Waals surface area contributed by atoms with Crippen molar-refractivity contribution in [1.29, 1.82) is 0 Å². The number of hydrogen-bond donors (Lipinski definition) is 0. The lowest BCUT2D eigenvalue weighted by Crippen LogP contribution is -2.42. The van der Waals surface area contributed by atoms with E-state index in [9.17, 15) is 26.3 Å². The van der Waals surface area contributed by atoms with Crippen molar-refractivity contribution in [2.75, 3.05) is 75.2 Å². The number of alkyl halides is 6. The minimum absolute atomic E-state index is 0.193. The van der Waals surface area contributed by atoms with E-state index in [2.05, 4.69) is 67.2 Å². The molecule has 9 rings (SSSR count). The smallest absolute Gasteiger partial charge is 0.356 e. The highest BCUT2D eigenvalue weighted by atomic mass is 32.2. The minimum Gasteiger partial charge on any atom is -0.356 e. The third-order valence-corrected chi connectivity index (χ3v) is 15.9. The molecule has 0 radical (unpaired) electrons. The predicted molar refractivity (Wildman–Crippen MR) is 228 cm³/mol. The van der Waals surface area contributed by atoms with E-state index in [0.29, 0.717) is 36.2 Å². The number of thiophene rings is 2. The van der Waals surface area contributed by atoms with Crippen molar-refractivity contribution in [3.05, 3.63) is 34.5 Å². The van der Waals surface area contributed by atoms with Crippen molar-refractivity contribution in [2.45, 2.75) is 96.2 Å². The molecule has 5 aliphatic rings. The Balaban J connectivity index is 0.000000165. The molecule has 4 aromatic rings. The molecule has 18 heteroatoms. The van der Waals surface area contributed by atoms with Gasteiger partial charge in [-0.3, -0.25) is 4.99 Å². The molecule has 0 aromatic carbocycles. The lowest BCUT2D eigenvalue weighted by Gasteiger charge is -2.40. The number of nitrogens with zero attached hydrogens (tertiary/aromatic N) is 9. The van der Waals surface area contributed by atoms with Crippen LogP contribution in [0.3, 0.4) is 0 Å². The number of amidine groups is 1. The molecule has 0 unspecified atom stereocenters.